The van der Waals surface area contributed by atoms with E-state index in [1.165, 1.54) is 6.92 Å². The van der Waals surface area contributed by atoms with E-state index in [-0.39, 0.29) is 12.1 Å². The Labute approximate surface area is 89.2 Å². The molecule has 1 fully saturated rings. The molecule has 0 radical (unpaired) electrons. The third kappa shape index (κ3) is 3.77. The second kappa shape index (κ2) is 5.00. The minimum absolute atomic E-state index is 0.195. The lowest BCUT2D eigenvalue weighted by molar-refractivity contribution is -0.138. The summed E-state index contributed by atoms with van der Waals surface area (Å²) < 4.78 is 0. The summed E-state index contributed by atoms with van der Waals surface area (Å²) in [6.45, 7) is 3.60. The molecular formula is C10H18N2O3. The quantitative estimate of drug-likeness (QED) is 0.654. The molecule has 0 aromatic carbocycles. The van der Waals surface area contributed by atoms with Gasteiger partial charge in [-0.1, -0.05) is 6.92 Å². The van der Waals surface area contributed by atoms with E-state index < -0.39 is 12.0 Å². The van der Waals surface area contributed by atoms with Crippen molar-refractivity contribution in [3.8, 4) is 0 Å². The fourth-order valence-corrected chi connectivity index (χ4v) is 1.82. The Balaban J connectivity index is 2.27. The predicted molar refractivity (Wildman–Crippen MR) is 55.6 cm³/mol. The maximum Gasteiger partial charge on any atom is 0.325 e. The van der Waals surface area contributed by atoms with Crippen LogP contribution in [0, 0.1) is 5.92 Å². The number of hydrogen-bond donors (Lipinski definition) is 3. The number of rotatable bonds is 3. The molecule has 0 spiro atoms. The maximum atomic E-state index is 11.3. The van der Waals surface area contributed by atoms with E-state index in [0.717, 1.165) is 19.3 Å². The Morgan fingerprint density at radius 2 is 2.07 bits per heavy atom. The Kier molecular flexibility index (Phi) is 3.94. The van der Waals surface area contributed by atoms with Gasteiger partial charge in [-0.2, -0.15) is 0 Å². The van der Waals surface area contributed by atoms with Crippen molar-refractivity contribution in [2.45, 2.75) is 45.2 Å². The van der Waals surface area contributed by atoms with Crippen LogP contribution in [0.1, 0.15) is 33.1 Å². The number of urea groups is 1. The van der Waals surface area contributed by atoms with Gasteiger partial charge in [0.05, 0.1) is 0 Å². The van der Waals surface area contributed by atoms with Crippen LogP contribution in [-0.2, 0) is 4.79 Å². The molecule has 0 heterocycles. The van der Waals surface area contributed by atoms with Crippen LogP contribution in [0.25, 0.3) is 0 Å². The lowest BCUT2D eigenvalue weighted by Crippen LogP contribution is -2.47. The molecule has 0 aromatic rings. The molecule has 3 N–H and O–H groups in total. The lowest BCUT2D eigenvalue weighted by Gasteiger charge is -2.15. The van der Waals surface area contributed by atoms with E-state index in [9.17, 15) is 9.59 Å². The summed E-state index contributed by atoms with van der Waals surface area (Å²) in [4.78, 5) is 21.8. The van der Waals surface area contributed by atoms with Gasteiger partial charge < -0.3 is 15.7 Å². The number of amides is 2. The standard InChI is InChI=1S/C10H18N2O3/c1-6-3-4-8(5-6)12-10(15)11-7(2)9(13)14/h6-8H,3-5H2,1-2H3,(H,13,14)(H2,11,12,15). The van der Waals surface area contributed by atoms with Crippen LogP contribution in [0.5, 0.6) is 0 Å². The van der Waals surface area contributed by atoms with Crippen LogP contribution in [0.2, 0.25) is 0 Å². The number of carboxylic acids is 1. The van der Waals surface area contributed by atoms with Crippen LogP contribution >= 0.6 is 0 Å². The molecule has 5 nitrogen and oxygen atoms in total. The molecule has 2 amide bonds. The highest BCUT2D eigenvalue weighted by molar-refractivity contribution is 5.82. The van der Waals surface area contributed by atoms with Crippen LogP contribution in [-0.4, -0.2) is 29.2 Å². The van der Waals surface area contributed by atoms with E-state index in [0.29, 0.717) is 5.92 Å². The zero-order chi connectivity index (χ0) is 11.4. The van der Waals surface area contributed by atoms with E-state index in [2.05, 4.69) is 17.6 Å². The van der Waals surface area contributed by atoms with Crippen LogP contribution in [0.4, 0.5) is 4.79 Å². The van der Waals surface area contributed by atoms with Crippen molar-refractivity contribution in [3.05, 3.63) is 0 Å². The number of carbonyl (C=O) groups is 2. The Bertz CT molecular complexity index is 255. The summed E-state index contributed by atoms with van der Waals surface area (Å²) in [5.41, 5.74) is 0. The van der Waals surface area contributed by atoms with Gasteiger partial charge in [-0.3, -0.25) is 4.79 Å². The highest BCUT2D eigenvalue weighted by atomic mass is 16.4. The predicted octanol–water partition coefficient (Wildman–Crippen LogP) is 0.947. The summed E-state index contributed by atoms with van der Waals surface area (Å²) in [5.74, 6) is -0.378. The van der Waals surface area contributed by atoms with Crippen molar-refractivity contribution in [3.63, 3.8) is 0 Å². The Morgan fingerprint density at radius 1 is 1.40 bits per heavy atom. The molecular weight excluding hydrogens is 196 g/mol. The molecule has 3 atom stereocenters. The number of hydrogen-bond acceptors (Lipinski definition) is 2. The fraction of sp³-hybridized carbons (Fsp3) is 0.800. The maximum absolute atomic E-state index is 11.3. The summed E-state index contributed by atoms with van der Waals surface area (Å²) in [6, 6.07) is -1.03. The van der Waals surface area contributed by atoms with E-state index in [1.54, 1.807) is 0 Å². The molecule has 1 rings (SSSR count). The molecule has 86 valence electrons. The van der Waals surface area contributed by atoms with Crippen molar-refractivity contribution in [1.82, 2.24) is 10.6 Å². The largest absolute Gasteiger partial charge is 0.480 e. The van der Waals surface area contributed by atoms with Gasteiger partial charge in [-0.15, -0.1) is 0 Å². The van der Waals surface area contributed by atoms with Crippen molar-refractivity contribution in [2.24, 2.45) is 5.92 Å². The van der Waals surface area contributed by atoms with Gasteiger partial charge >= 0.3 is 12.0 Å². The molecule has 5 heteroatoms. The van der Waals surface area contributed by atoms with Crippen molar-refractivity contribution in [1.29, 1.82) is 0 Å². The second-order valence-corrected chi connectivity index (χ2v) is 4.29. The molecule has 0 bridgehead atoms. The van der Waals surface area contributed by atoms with Gasteiger partial charge in [0.2, 0.25) is 0 Å². The number of nitrogens with one attached hydrogen (secondary N) is 2. The number of carbonyl (C=O) groups excluding carboxylic acids is 1. The zero-order valence-electron chi connectivity index (χ0n) is 9.12. The molecule has 1 aliphatic rings. The Morgan fingerprint density at radius 3 is 2.53 bits per heavy atom. The summed E-state index contributed by atoms with van der Waals surface area (Å²) in [5, 5.41) is 13.7. The first-order valence-electron chi connectivity index (χ1n) is 5.29. The topological polar surface area (TPSA) is 78.4 Å². The van der Waals surface area contributed by atoms with E-state index >= 15 is 0 Å². The van der Waals surface area contributed by atoms with Gasteiger partial charge in [0.25, 0.3) is 0 Å². The van der Waals surface area contributed by atoms with Gasteiger partial charge in [-0.05, 0) is 32.1 Å². The molecule has 15 heavy (non-hydrogen) atoms. The third-order valence-electron chi connectivity index (χ3n) is 2.75. The molecule has 0 aliphatic heterocycles. The fourth-order valence-electron chi connectivity index (χ4n) is 1.82. The van der Waals surface area contributed by atoms with Crippen LogP contribution in [0.15, 0.2) is 0 Å². The minimum atomic E-state index is -1.02. The van der Waals surface area contributed by atoms with Gasteiger partial charge in [-0.25, -0.2) is 4.79 Å². The average molecular weight is 214 g/mol. The normalized spacial score (nSPS) is 27.1. The molecule has 0 saturated heterocycles. The summed E-state index contributed by atoms with van der Waals surface area (Å²) in [7, 11) is 0. The van der Waals surface area contributed by atoms with E-state index in [1.807, 2.05) is 0 Å². The lowest BCUT2D eigenvalue weighted by atomic mass is 10.1. The van der Waals surface area contributed by atoms with Crippen molar-refractivity contribution in [2.75, 3.05) is 0 Å². The summed E-state index contributed by atoms with van der Waals surface area (Å²) in [6.07, 6.45) is 3.09. The third-order valence-corrected chi connectivity index (χ3v) is 2.75. The molecule has 1 aliphatic carbocycles. The molecule has 3 unspecified atom stereocenters. The first kappa shape index (κ1) is 11.8. The summed E-state index contributed by atoms with van der Waals surface area (Å²) >= 11 is 0. The SMILES string of the molecule is CC1CCC(NC(=O)NC(C)C(=O)O)C1. The highest BCUT2D eigenvalue weighted by Crippen LogP contribution is 2.24. The van der Waals surface area contributed by atoms with E-state index in [4.69, 9.17) is 5.11 Å². The monoisotopic (exact) mass is 214 g/mol. The van der Waals surface area contributed by atoms with Crippen molar-refractivity contribution < 1.29 is 14.7 Å². The Hall–Kier alpha value is -1.26. The zero-order valence-corrected chi connectivity index (χ0v) is 9.12. The van der Waals surface area contributed by atoms with Crippen molar-refractivity contribution >= 4 is 12.0 Å². The number of aliphatic carboxylic acids is 1. The van der Waals surface area contributed by atoms with Crippen LogP contribution < -0.4 is 10.6 Å². The first-order chi connectivity index (χ1) is 6.99. The van der Waals surface area contributed by atoms with Gasteiger partial charge in [0, 0.05) is 6.04 Å². The van der Waals surface area contributed by atoms with Gasteiger partial charge in [0.15, 0.2) is 0 Å². The second-order valence-electron chi connectivity index (χ2n) is 4.29. The number of carboxylic acid groups (broad SMARTS) is 1. The molecule has 1 saturated carbocycles. The van der Waals surface area contributed by atoms with Crippen LogP contribution in [0.3, 0.4) is 0 Å². The first-order valence-corrected chi connectivity index (χ1v) is 5.29. The van der Waals surface area contributed by atoms with Gasteiger partial charge in [0.1, 0.15) is 6.04 Å². The highest BCUT2D eigenvalue weighted by Gasteiger charge is 2.23. The average Bonchev–Trinajstić information content (AvgIpc) is 2.50. The smallest absolute Gasteiger partial charge is 0.325 e. The molecule has 0 aromatic heterocycles. The minimum Gasteiger partial charge on any atom is -0.480 e.